The summed E-state index contributed by atoms with van der Waals surface area (Å²) in [4.78, 5) is 42.1. The van der Waals surface area contributed by atoms with Gasteiger partial charge < -0.3 is 15.7 Å². The highest BCUT2D eigenvalue weighted by Crippen LogP contribution is 2.32. The van der Waals surface area contributed by atoms with E-state index in [9.17, 15) is 23.9 Å². The molecule has 0 saturated heterocycles. The van der Waals surface area contributed by atoms with Gasteiger partial charge in [-0.15, -0.1) is 0 Å². The van der Waals surface area contributed by atoms with Gasteiger partial charge in [-0.25, -0.2) is 13.9 Å². The molecule has 4 aromatic rings. The van der Waals surface area contributed by atoms with Crippen molar-refractivity contribution in [3.8, 4) is 0 Å². The molecule has 2 amide bonds. The average molecular weight is 487 g/mol. The molecule has 2 aromatic heterocycles. The number of hydrogen-bond acceptors (Lipinski definition) is 6. The maximum absolute atomic E-state index is 13.3. The largest absolute Gasteiger partial charge is 0.390 e. The third kappa shape index (κ3) is 4.46. The Labute approximate surface area is 205 Å². The summed E-state index contributed by atoms with van der Waals surface area (Å²) in [5.41, 5.74) is 3.13. The fourth-order valence-electron chi connectivity index (χ4n) is 4.31. The predicted molar refractivity (Wildman–Crippen MR) is 127 cm³/mol. The van der Waals surface area contributed by atoms with Crippen molar-refractivity contribution < 1.29 is 23.9 Å². The molecule has 0 fully saturated rings. The summed E-state index contributed by atoms with van der Waals surface area (Å²) in [5, 5.41) is 20.3. The molecule has 0 spiro atoms. The summed E-state index contributed by atoms with van der Waals surface area (Å²) in [6.07, 6.45) is 0.883. The van der Waals surface area contributed by atoms with E-state index in [0.717, 1.165) is 11.1 Å². The Balaban J connectivity index is 1.38. The molecule has 0 saturated carbocycles. The molecule has 5 rings (SSSR count). The number of fused-ring (bicyclic) bond motifs is 2. The highest BCUT2D eigenvalue weighted by molar-refractivity contribution is 5.98. The minimum absolute atomic E-state index is 0.00809. The first-order chi connectivity index (χ1) is 17.3. The summed E-state index contributed by atoms with van der Waals surface area (Å²) in [6.45, 7) is 1.62. The number of hydrogen-bond donors (Lipinski definition) is 3. The molecule has 1 aliphatic rings. The van der Waals surface area contributed by atoms with E-state index in [2.05, 4.69) is 20.7 Å². The summed E-state index contributed by atoms with van der Waals surface area (Å²) >= 11 is 0. The zero-order valence-electron chi connectivity index (χ0n) is 19.2. The second kappa shape index (κ2) is 9.31. The van der Waals surface area contributed by atoms with Gasteiger partial charge in [-0.3, -0.25) is 14.4 Å². The first kappa shape index (κ1) is 23.3. The van der Waals surface area contributed by atoms with Crippen LogP contribution >= 0.6 is 0 Å². The fraction of sp³-hybridized carbons (Fsp3) is 0.192. The van der Waals surface area contributed by atoms with Crippen molar-refractivity contribution in [2.75, 3.05) is 0 Å². The maximum Gasteiger partial charge on any atom is 0.270 e. The van der Waals surface area contributed by atoms with Crippen LogP contribution in [0.25, 0.3) is 5.65 Å². The zero-order valence-corrected chi connectivity index (χ0v) is 19.2. The Morgan fingerprint density at radius 3 is 2.61 bits per heavy atom. The molecule has 9 nitrogen and oxygen atoms in total. The van der Waals surface area contributed by atoms with Crippen molar-refractivity contribution in [3.05, 3.63) is 100 Å². The molecular weight excluding hydrogens is 465 g/mol. The summed E-state index contributed by atoms with van der Waals surface area (Å²) in [5.74, 6) is -1.52. The topological polar surface area (TPSA) is 126 Å². The number of amides is 2. The standard InChI is InChI=1S/C26H22FN5O4/c1-14(33)16-4-7-19-17(10-16)11-22(34)24(19)31-26(36)21-12-20(30-23-8-9-29-32(21)23)25(35)28-13-15-2-5-18(27)6-3-15/h2-10,12,22,24,34H,11,13H2,1H3,(H,28,35)(H,31,36)/t22-,24-/m1/s1. The van der Waals surface area contributed by atoms with E-state index in [4.69, 9.17) is 0 Å². The number of Topliss-reactive ketones (excluding diaryl/α,β-unsaturated/α-hetero) is 1. The first-order valence-corrected chi connectivity index (χ1v) is 11.3. The van der Waals surface area contributed by atoms with E-state index < -0.39 is 24.0 Å². The van der Waals surface area contributed by atoms with Gasteiger partial charge in [0.2, 0.25) is 0 Å². The van der Waals surface area contributed by atoms with Crippen LogP contribution in [0.3, 0.4) is 0 Å². The molecule has 0 bridgehead atoms. The van der Waals surface area contributed by atoms with Crippen LogP contribution in [0.15, 0.2) is 60.8 Å². The molecule has 36 heavy (non-hydrogen) atoms. The Kier molecular flexibility index (Phi) is 6.03. The van der Waals surface area contributed by atoms with Crippen LogP contribution in [0.4, 0.5) is 4.39 Å². The maximum atomic E-state index is 13.3. The number of aliphatic hydroxyl groups is 1. The SMILES string of the molecule is CC(=O)c1ccc2c(c1)C[C@@H](O)[C@@H]2NC(=O)c1cc(C(=O)NCc2ccc(F)cc2)nc2ccnn12. The molecular formula is C26H22FN5O4. The average Bonchev–Trinajstić information content (AvgIpc) is 3.46. The zero-order chi connectivity index (χ0) is 25.4. The Morgan fingerprint density at radius 1 is 1.08 bits per heavy atom. The van der Waals surface area contributed by atoms with Gasteiger partial charge in [0.25, 0.3) is 11.8 Å². The molecule has 182 valence electrons. The molecule has 2 atom stereocenters. The van der Waals surface area contributed by atoms with Crippen LogP contribution < -0.4 is 10.6 Å². The van der Waals surface area contributed by atoms with Crippen LogP contribution in [0.1, 0.15) is 61.0 Å². The molecule has 3 N–H and O–H groups in total. The van der Waals surface area contributed by atoms with Gasteiger partial charge in [-0.05, 0) is 41.8 Å². The number of rotatable bonds is 6. The van der Waals surface area contributed by atoms with Gasteiger partial charge in [0.1, 0.15) is 17.2 Å². The fourth-order valence-corrected chi connectivity index (χ4v) is 4.31. The Bertz CT molecular complexity index is 1500. The third-order valence-corrected chi connectivity index (χ3v) is 6.18. The lowest BCUT2D eigenvalue weighted by Gasteiger charge is -2.18. The van der Waals surface area contributed by atoms with E-state index in [1.54, 1.807) is 36.4 Å². The van der Waals surface area contributed by atoms with Crippen molar-refractivity contribution in [1.29, 1.82) is 0 Å². The highest BCUT2D eigenvalue weighted by Gasteiger charge is 2.33. The van der Waals surface area contributed by atoms with Gasteiger partial charge in [-0.2, -0.15) is 5.10 Å². The monoisotopic (exact) mass is 487 g/mol. The van der Waals surface area contributed by atoms with Gasteiger partial charge in [0.05, 0.1) is 18.3 Å². The predicted octanol–water partition coefficient (Wildman–Crippen LogP) is 2.39. The minimum Gasteiger partial charge on any atom is -0.390 e. The van der Waals surface area contributed by atoms with Crippen molar-refractivity contribution in [2.45, 2.75) is 32.0 Å². The minimum atomic E-state index is -0.875. The van der Waals surface area contributed by atoms with E-state index in [1.165, 1.54) is 35.8 Å². The van der Waals surface area contributed by atoms with Crippen molar-refractivity contribution >= 4 is 23.2 Å². The molecule has 0 unspecified atom stereocenters. The van der Waals surface area contributed by atoms with Crippen LogP contribution in [-0.4, -0.2) is 43.4 Å². The van der Waals surface area contributed by atoms with Crippen molar-refractivity contribution in [3.63, 3.8) is 0 Å². The number of aliphatic hydroxyl groups excluding tert-OH is 1. The van der Waals surface area contributed by atoms with E-state index in [-0.39, 0.29) is 29.5 Å². The number of nitrogens with zero attached hydrogens (tertiary/aromatic N) is 3. The number of carbonyl (C=O) groups is 3. The van der Waals surface area contributed by atoms with Gasteiger partial charge >= 0.3 is 0 Å². The quantitative estimate of drug-likeness (QED) is 0.359. The summed E-state index contributed by atoms with van der Waals surface area (Å²) in [6, 6.07) is 13.1. The highest BCUT2D eigenvalue weighted by atomic mass is 19.1. The number of carbonyl (C=O) groups excluding carboxylic acids is 3. The number of aromatic nitrogens is 3. The molecule has 2 heterocycles. The van der Waals surface area contributed by atoms with Crippen LogP contribution in [0, 0.1) is 5.82 Å². The second-order valence-corrected chi connectivity index (χ2v) is 8.63. The van der Waals surface area contributed by atoms with Crippen LogP contribution in [0.2, 0.25) is 0 Å². The second-order valence-electron chi connectivity index (χ2n) is 8.63. The number of ketones is 1. The summed E-state index contributed by atoms with van der Waals surface area (Å²) in [7, 11) is 0. The summed E-state index contributed by atoms with van der Waals surface area (Å²) < 4.78 is 14.4. The third-order valence-electron chi connectivity index (χ3n) is 6.18. The van der Waals surface area contributed by atoms with Gasteiger partial charge in [0.15, 0.2) is 11.4 Å². The normalized spacial score (nSPS) is 16.5. The smallest absolute Gasteiger partial charge is 0.270 e. The number of nitrogens with one attached hydrogen (secondary N) is 2. The van der Waals surface area contributed by atoms with Crippen molar-refractivity contribution in [2.24, 2.45) is 0 Å². The van der Waals surface area contributed by atoms with Crippen LogP contribution in [0.5, 0.6) is 0 Å². The van der Waals surface area contributed by atoms with Gasteiger partial charge in [-0.1, -0.05) is 24.3 Å². The molecule has 2 aromatic carbocycles. The number of halogens is 1. The first-order valence-electron chi connectivity index (χ1n) is 11.3. The lowest BCUT2D eigenvalue weighted by atomic mass is 10.0. The van der Waals surface area contributed by atoms with Crippen LogP contribution in [-0.2, 0) is 13.0 Å². The lowest BCUT2D eigenvalue weighted by Crippen LogP contribution is -2.35. The van der Waals surface area contributed by atoms with Crippen molar-refractivity contribution in [1.82, 2.24) is 25.2 Å². The molecule has 0 aliphatic heterocycles. The molecule has 10 heteroatoms. The lowest BCUT2D eigenvalue weighted by molar-refractivity contribution is 0.0850. The Hall–Kier alpha value is -4.44. The van der Waals surface area contributed by atoms with E-state index in [1.807, 2.05) is 0 Å². The Morgan fingerprint density at radius 2 is 1.86 bits per heavy atom. The van der Waals surface area contributed by atoms with Gasteiger partial charge in [0, 0.05) is 30.7 Å². The number of benzene rings is 2. The van der Waals surface area contributed by atoms with E-state index >= 15 is 0 Å². The molecule has 0 radical (unpaired) electrons. The van der Waals surface area contributed by atoms with E-state index in [0.29, 0.717) is 23.2 Å². The molecule has 1 aliphatic carbocycles.